The van der Waals surface area contributed by atoms with E-state index in [2.05, 4.69) is 10.9 Å². The first-order chi connectivity index (χ1) is 7.19. The summed E-state index contributed by atoms with van der Waals surface area (Å²) < 4.78 is 0. The van der Waals surface area contributed by atoms with Gasteiger partial charge in [-0.3, -0.25) is 4.79 Å². The minimum Gasteiger partial charge on any atom is -0.397 e. The maximum Gasteiger partial charge on any atom is 0.271 e. The zero-order valence-electron chi connectivity index (χ0n) is 8.79. The number of nitrogens with one attached hydrogen (secondary N) is 1. The SMILES string of the molecule is C#CCN(CCC)C(=O)c1cc(N)c[nH]1. The quantitative estimate of drug-likeness (QED) is 0.722. The van der Waals surface area contributed by atoms with E-state index in [1.54, 1.807) is 17.2 Å². The molecule has 0 aromatic carbocycles. The Morgan fingerprint density at radius 2 is 2.47 bits per heavy atom. The van der Waals surface area contributed by atoms with Crippen molar-refractivity contribution in [2.24, 2.45) is 0 Å². The summed E-state index contributed by atoms with van der Waals surface area (Å²) in [5, 5.41) is 0. The van der Waals surface area contributed by atoms with Crippen molar-refractivity contribution in [3.05, 3.63) is 18.0 Å². The number of carbonyl (C=O) groups excluding carboxylic acids is 1. The average Bonchev–Trinajstić information content (AvgIpc) is 2.63. The number of anilines is 1. The van der Waals surface area contributed by atoms with Crippen LogP contribution in [0, 0.1) is 12.3 Å². The number of H-pyrrole nitrogens is 1. The maximum absolute atomic E-state index is 11.9. The third-order valence-electron chi connectivity index (χ3n) is 2.00. The van der Waals surface area contributed by atoms with Crippen molar-refractivity contribution in [2.45, 2.75) is 13.3 Å². The first kappa shape index (κ1) is 11.2. The van der Waals surface area contributed by atoms with E-state index in [9.17, 15) is 4.79 Å². The van der Waals surface area contributed by atoms with Crippen LogP contribution in [0.25, 0.3) is 0 Å². The predicted molar refractivity (Wildman–Crippen MR) is 60.2 cm³/mol. The van der Waals surface area contributed by atoms with Crippen LogP contribution in [0.3, 0.4) is 0 Å². The molecule has 3 N–H and O–H groups in total. The van der Waals surface area contributed by atoms with Gasteiger partial charge in [-0.15, -0.1) is 6.42 Å². The van der Waals surface area contributed by atoms with Gasteiger partial charge in [-0.1, -0.05) is 12.8 Å². The Kier molecular flexibility index (Phi) is 3.81. The van der Waals surface area contributed by atoms with Crippen molar-refractivity contribution in [3.63, 3.8) is 0 Å². The fourth-order valence-electron chi connectivity index (χ4n) is 1.34. The summed E-state index contributed by atoms with van der Waals surface area (Å²) in [6.07, 6.45) is 7.67. The van der Waals surface area contributed by atoms with E-state index in [1.807, 2.05) is 6.92 Å². The van der Waals surface area contributed by atoms with E-state index in [4.69, 9.17) is 12.2 Å². The van der Waals surface area contributed by atoms with Crippen LogP contribution in [0.15, 0.2) is 12.3 Å². The van der Waals surface area contributed by atoms with Crippen molar-refractivity contribution in [1.29, 1.82) is 0 Å². The third kappa shape index (κ3) is 2.78. The molecule has 0 saturated carbocycles. The molecule has 0 unspecified atom stereocenters. The maximum atomic E-state index is 11.9. The number of rotatable bonds is 4. The van der Waals surface area contributed by atoms with Crippen molar-refractivity contribution in [3.8, 4) is 12.3 Å². The molecule has 1 aromatic heterocycles. The second-order valence-corrected chi connectivity index (χ2v) is 3.28. The fraction of sp³-hybridized carbons (Fsp3) is 0.364. The molecule has 0 atom stereocenters. The van der Waals surface area contributed by atoms with Gasteiger partial charge in [0, 0.05) is 18.4 Å². The summed E-state index contributed by atoms with van der Waals surface area (Å²) in [6, 6.07) is 1.61. The lowest BCUT2D eigenvalue weighted by Crippen LogP contribution is -2.32. The van der Waals surface area contributed by atoms with Crippen LogP contribution in [0.5, 0.6) is 0 Å². The van der Waals surface area contributed by atoms with Crippen LogP contribution in [-0.4, -0.2) is 28.9 Å². The molecule has 0 bridgehead atoms. The highest BCUT2D eigenvalue weighted by Gasteiger charge is 2.15. The van der Waals surface area contributed by atoms with Crippen LogP contribution in [0.4, 0.5) is 5.69 Å². The van der Waals surface area contributed by atoms with Crippen LogP contribution in [0.2, 0.25) is 0 Å². The number of nitrogen functional groups attached to an aromatic ring is 1. The molecule has 1 aromatic rings. The highest BCUT2D eigenvalue weighted by atomic mass is 16.2. The predicted octanol–water partition coefficient (Wildman–Crippen LogP) is 1.08. The average molecular weight is 205 g/mol. The molecule has 4 heteroatoms. The summed E-state index contributed by atoms with van der Waals surface area (Å²) >= 11 is 0. The van der Waals surface area contributed by atoms with Crippen LogP contribution in [-0.2, 0) is 0 Å². The van der Waals surface area contributed by atoms with E-state index >= 15 is 0 Å². The Balaban J connectivity index is 2.76. The summed E-state index contributed by atoms with van der Waals surface area (Å²) in [4.78, 5) is 16.3. The molecule has 0 aliphatic rings. The molecule has 0 saturated heterocycles. The molecule has 0 radical (unpaired) electrons. The minimum atomic E-state index is -0.105. The second kappa shape index (κ2) is 5.11. The lowest BCUT2D eigenvalue weighted by molar-refractivity contribution is 0.0772. The molecule has 0 fully saturated rings. The molecule has 1 rings (SSSR count). The van der Waals surface area contributed by atoms with Crippen molar-refractivity contribution in [1.82, 2.24) is 9.88 Å². The van der Waals surface area contributed by atoms with E-state index < -0.39 is 0 Å². The number of hydrogen-bond donors (Lipinski definition) is 2. The number of aromatic amines is 1. The first-order valence-electron chi connectivity index (χ1n) is 4.85. The van der Waals surface area contributed by atoms with E-state index in [1.165, 1.54) is 0 Å². The number of amides is 1. The molecule has 0 aliphatic heterocycles. The Morgan fingerprint density at radius 1 is 1.73 bits per heavy atom. The second-order valence-electron chi connectivity index (χ2n) is 3.28. The molecular formula is C11H15N3O. The van der Waals surface area contributed by atoms with Gasteiger partial charge in [0.2, 0.25) is 0 Å². The summed E-state index contributed by atoms with van der Waals surface area (Å²) in [6.45, 7) is 2.98. The number of nitrogens with two attached hydrogens (primary N) is 1. The fourth-order valence-corrected chi connectivity index (χ4v) is 1.34. The van der Waals surface area contributed by atoms with Gasteiger partial charge in [-0.25, -0.2) is 0 Å². The van der Waals surface area contributed by atoms with Gasteiger partial charge in [-0.2, -0.15) is 0 Å². The molecular weight excluding hydrogens is 190 g/mol. The number of nitrogens with zero attached hydrogens (tertiary/aromatic N) is 1. The van der Waals surface area contributed by atoms with E-state index in [-0.39, 0.29) is 5.91 Å². The topological polar surface area (TPSA) is 62.1 Å². The van der Waals surface area contributed by atoms with E-state index in [0.717, 1.165) is 6.42 Å². The van der Waals surface area contributed by atoms with Gasteiger partial charge in [0.05, 0.1) is 6.54 Å². The van der Waals surface area contributed by atoms with Crippen LogP contribution in [0.1, 0.15) is 23.8 Å². The Labute approximate surface area is 89.5 Å². The monoisotopic (exact) mass is 205 g/mol. The number of hydrogen-bond acceptors (Lipinski definition) is 2. The zero-order valence-corrected chi connectivity index (χ0v) is 8.79. The van der Waals surface area contributed by atoms with Gasteiger partial charge in [-0.05, 0) is 12.5 Å². The molecule has 0 aliphatic carbocycles. The van der Waals surface area contributed by atoms with Crippen molar-refractivity contribution >= 4 is 11.6 Å². The molecule has 80 valence electrons. The standard InChI is InChI=1S/C11H15N3O/c1-3-5-14(6-4-2)11(15)10-7-9(12)8-13-10/h1,7-8,13H,4-6,12H2,2H3. The highest BCUT2D eigenvalue weighted by Crippen LogP contribution is 2.08. The zero-order chi connectivity index (χ0) is 11.3. The van der Waals surface area contributed by atoms with Crippen LogP contribution < -0.4 is 5.73 Å². The Morgan fingerprint density at radius 3 is 2.93 bits per heavy atom. The van der Waals surface area contributed by atoms with E-state index in [0.29, 0.717) is 24.5 Å². The van der Waals surface area contributed by atoms with Gasteiger partial charge in [0.15, 0.2) is 0 Å². The smallest absolute Gasteiger partial charge is 0.271 e. The number of carbonyl (C=O) groups is 1. The highest BCUT2D eigenvalue weighted by molar-refractivity contribution is 5.93. The summed E-state index contributed by atoms with van der Waals surface area (Å²) in [7, 11) is 0. The Hall–Kier alpha value is -1.89. The Bertz CT molecular complexity index is 375. The van der Waals surface area contributed by atoms with Gasteiger partial charge in [0.25, 0.3) is 5.91 Å². The van der Waals surface area contributed by atoms with Crippen LogP contribution >= 0.6 is 0 Å². The summed E-state index contributed by atoms with van der Waals surface area (Å²) in [5.74, 6) is 2.36. The van der Waals surface area contributed by atoms with Gasteiger partial charge < -0.3 is 15.6 Å². The lowest BCUT2D eigenvalue weighted by Gasteiger charge is -2.18. The lowest BCUT2D eigenvalue weighted by atomic mass is 10.3. The van der Waals surface area contributed by atoms with Crippen molar-refractivity contribution in [2.75, 3.05) is 18.8 Å². The molecule has 0 spiro atoms. The van der Waals surface area contributed by atoms with Gasteiger partial charge >= 0.3 is 0 Å². The molecule has 15 heavy (non-hydrogen) atoms. The minimum absolute atomic E-state index is 0.105. The first-order valence-corrected chi connectivity index (χ1v) is 4.85. The van der Waals surface area contributed by atoms with Gasteiger partial charge in [0.1, 0.15) is 5.69 Å². The number of terminal acetylenes is 1. The summed E-state index contributed by atoms with van der Waals surface area (Å²) in [5.41, 5.74) is 6.56. The molecule has 1 heterocycles. The third-order valence-corrected chi connectivity index (χ3v) is 2.00. The largest absolute Gasteiger partial charge is 0.397 e. The molecule has 4 nitrogen and oxygen atoms in total. The van der Waals surface area contributed by atoms with Crippen molar-refractivity contribution < 1.29 is 4.79 Å². The number of aromatic nitrogens is 1. The normalized spacial score (nSPS) is 9.60. The molecule has 1 amide bonds.